The van der Waals surface area contributed by atoms with E-state index in [1.165, 1.54) is 14.2 Å². The fraction of sp³-hybridized carbons (Fsp3) is 0.429. The highest BCUT2D eigenvalue weighted by molar-refractivity contribution is 5.92. The Morgan fingerprint density at radius 1 is 0.754 bits per heavy atom. The number of nitrogens with one attached hydrogen (secondary N) is 4. The molecular formula is C42H50N8O7. The largest absolute Gasteiger partial charge is 0.453 e. The van der Waals surface area contributed by atoms with Gasteiger partial charge in [-0.3, -0.25) is 9.59 Å². The molecule has 3 aromatic carbocycles. The molecule has 4 atom stereocenters. The van der Waals surface area contributed by atoms with Crippen LogP contribution in [0, 0.1) is 11.8 Å². The van der Waals surface area contributed by atoms with Gasteiger partial charge in [0.15, 0.2) is 0 Å². The fourth-order valence-electron chi connectivity index (χ4n) is 7.78. The number of carbonyl (C=O) groups excluding carboxylic acids is 4. The maximum atomic E-state index is 13.7. The number of ether oxygens (including phenoxy) is 3. The number of imidazole rings is 2. The van der Waals surface area contributed by atoms with Crippen molar-refractivity contribution in [3.63, 3.8) is 0 Å². The van der Waals surface area contributed by atoms with Crippen molar-refractivity contribution in [1.82, 2.24) is 40.4 Å². The van der Waals surface area contributed by atoms with Crippen LogP contribution >= 0.6 is 0 Å². The quantitative estimate of drug-likeness (QED) is 0.130. The molecule has 2 fully saturated rings. The highest BCUT2D eigenvalue weighted by Gasteiger charge is 2.38. The molecule has 15 heteroatoms. The SMILES string of the molecule is COC(=O)N[C@H](C(=O)N1CCOC[C@H]1c1ncc(-c2ccc3cc(-c4ccc5nc([C@@H]6CCCN6C(=O)[C@@H](NC(=O)OC)C(C)C)[nH]c5c4)ccc3c2)[nH]1)C(C)C. The number of alkyl carbamates (subject to hydrolysis) is 2. The Labute approximate surface area is 330 Å². The van der Waals surface area contributed by atoms with Crippen molar-refractivity contribution in [2.24, 2.45) is 11.8 Å². The lowest BCUT2D eigenvalue weighted by molar-refractivity contribution is -0.143. The molecule has 0 radical (unpaired) electrons. The highest BCUT2D eigenvalue weighted by atomic mass is 16.5. The number of morpholine rings is 1. The lowest BCUT2D eigenvalue weighted by Crippen LogP contribution is -2.54. The van der Waals surface area contributed by atoms with E-state index >= 15 is 0 Å². The first-order valence-corrected chi connectivity index (χ1v) is 19.4. The van der Waals surface area contributed by atoms with E-state index in [9.17, 15) is 19.2 Å². The first-order valence-electron chi connectivity index (χ1n) is 19.4. The zero-order valence-corrected chi connectivity index (χ0v) is 33.1. The first kappa shape index (κ1) is 39.3. The van der Waals surface area contributed by atoms with Crippen molar-refractivity contribution < 1.29 is 33.4 Å². The number of benzene rings is 3. The molecule has 2 saturated heterocycles. The van der Waals surface area contributed by atoms with E-state index in [0.29, 0.717) is 25.5 Å². The Morgan fingerprint density at radius 2 is 1.35 bits per heavy atom. The van der Waals surface area contributed by atoms with Crippen molar-refractivity contribution in [3.05, 3.63) is 72.4 Å². The van der Waals surface area contributed by atoms with Crippen molar-refractivity contribution in [2.45, 2.75) is 64.7 Å². The summed E-state index contributed by atoms with van der Waals surface area (Å²) in [6.07, 6.45) is 2.10. The van der Waals surface area contributed by atoms with Crippen LogP contribution in [-0.4, -0.2) is 106 Å². The number of hydrogen-bond donors (Lipinski definition) is 4. The molecule has 2 aliphatic heterocycles. The summed E-state index contributed by atoms with van der Waals surface area (Å²) in [5.41, 5.74) is 5.52. The first-order chi connectivity index (χ1) is 27.4. The van der Waals surface area contributed by atoms with E-state index in [1.807, 2.05) is 44.7 Å². The van der Waals surface area contributed by atoms with Crippen LogP contribution in [0.3, 0.4) is 0 Å². The number of hydrogen-bond acceptors (Lipinski definition) is 9. The maximum absolute atomic E-state index is 13.7. The second-order valence-electron chi connectivity index (χ2n) is 15.3. The van der Waals surface area contributed by atoms with Gasteiger partial charge >= 0.3 is 12.2 Å². The number of methoxy groups -OCH3 is 2. The van der Waals surface area contributed by atoms with Gasteiger partial charge in [-0.15, -0.1) is 0 Å². The number of aromatic nitrogens is 4. The third kappa shape index (κ3) is 8.15. The summed E-state index contributed by atoms with van der Waals surface area (Å²) in [6, 6.07) is 16.6. The Kier molecular flexibility index (Phi) is 11.5. The second-order valence-corrected chi connectivity index (χ2v) is 15.3. The molecule has 0 spiro atoms. The van der Waals surface area contributed by atoms with Gasteiger partial charge in [0, 0.05) is 18.7 Å². The van der Waals surface area contributed by atoms with Crippen molar-refractivity contribution >= 4 is 45.8 Å². The molecule has 4 N–H and O–H groups in total. The van der Waals surface area contributed by atoms with Crippen LogP contribution < -0.4 is 10.6 Å². The van der Waals surface area contributed by atoms with Crippen molar-refractivity contribution in [3.8, 4) is 22.4 Å². The molecule has 7 rings (SSSR count). The molecule has 4 heterocycles. The average molecular weight is 779 g/mol. The molecule has 0 bridgehead atoms. The van der Waals surface area contributed by atoms with Crippen LogP contribution in [0.1, 0.15) is 64.3 Å². The lowest BCUT2D eigenvalue weighted by Gasteiger charge is -2.37. The molecule has 0 unspecified atom stereocenters. The van der Waals surface area contributed by atoms with Crippen LogP contribution in [0.4, 0.5) is 9.59 Å². The number of rotatable bonds is 10. The summed E-state index contributed by atoms with van der Waals surface area (Å²) in [5, 5.41) is 7.50. The summed E-state index contributed by atoms with van der Waals surface area (Å²) in [6.45, 7) is 9.19. The standard InChI is InChI=1S/C42H50N8O7/c1-23(2)35(47-41(53)55-5)39(51)49-15-7-8-33(49)38-44-30-14-13-28(20-31(30)45-38)26-9-10-27-19-29(12-11-25(27)18-26)32-21-43-37(46-32)34-22-57-17-16-50(34)40(52)36(24(3)4)48-42(54)56-6/h9-14,18-21,23-24,33-36H,7-8,15-17,22H2,1-6H3,(H,43,46)(H,44,45)(H,47,53)(H,48,54)/t33-,34-,35-,36-/m0/s1. The van der Waals surface area contributed by atoms with Gasteiger partial charge in [0.05, 0.1) is 56.4 Å². The molecule has 4 amide bonds. The predicted molar refractivity (Wildman–Crippen MR) is 214 cm³/mol. The van der Waals surface area contributed by atoms with E-state index in [-0.39, 0.29) is 36.3 Å². The minimum Gasteiger partial charge on any atom is -0.453 e. The Morgan fingerprint density at radius 3 is 2.00 bits per heavy atom. The third-order valence-electron chi connectivity index (χ3n) is 10.9. The molecule has 5 aromatic rings. The van der Waals surface area contributed by atoms with E-state index in [2.05, 4.69) is 68.1 Å². The van der Waals surface area contributed by atoms with E-state index in [1.54, 1.807) is 11.1 Å². The normalized spacial score (nSPS) is 18.2. The number of nitrogens with zero attached hydrogens (tertiary/aromatic N) is 4. The molecule has 0 saturated carbocycles. The minimum absolute atomic E-state index is 0.113. The lowest BCUT2D eigenvalue weighted by atomic mass is 9.99. The van der Waals surface area contributed by atoms with E-state index in [0.717, 1.165) is 62.9 Å². The van der Waals surface area contributed by atoms with Crippen LogP contribution in [0.15, 0.2) is 60.8 Å². The van der Waals surface area contributed by atoms with Gasteiger partial charge < -0.3 is 44.6 Å². The number of carbonyl (C=O) groups is 4. The molecule has 15 nitrogen and oxygen atoms in total. The zero-order valence-electron chi connectivity index (χ0n) is 33.1. The topological polar surface area (TPSA) is 184 Å². The number of aromatic amines is 2. The number of fused-ring (bicyclic) bond motifs is 2. The molecule has 57 heavy (non-hydrogen) atoms. The van der Waals surface area contributed by atoms with Crippen LogP contribution in [0.25, 0.3) is 44.2 Å². The smallest absolute Gasteiger partial charge is 0.407 e. The summed E-state index contributed by atoms with van der Waals surface area (Å²) in [4.78, 5) is 71.3. The van der Waals surface area contributed by atoms with Gasteiger partial charge in [-0.1, -0.05) is 58.0 Å². The number of H-pyrrole nitrogens is 2. The van der Waals surface area contributed by atoms with Crippen LogP contribution in [-0.2, 0) is 23.8 Å². The summed E-state index contributed by atoms with van der Waals surface area (Å²) < 4.78 is 15.3. The van der Waals surface area contributed by atoms with Crippen LogP contribution in [0.5, 0.6) is 0 Å². The monoisotopic (exact) mass is 778 g/mol. The van der Waals surface area contributed by atoms with Crippen molar-refractivity contribution in [1.29, 1.82) is 0 Å². The van der Waals surface area contributed by atoms with Gasteiger partial charge in [-0.25, -0.2) is 19.6 Å². The Hall–Kier alpha value is -5.96. The summed E-state index contributed by atoms with van der Waals surface area (Å²) in [7, 11) is 2.57. The second kappa shape index (κ2) is 16.6. The number of likely N-dealkylation sites (tertiary alicyclic amines) is 1. The third-order valence-corrected chi connectivity index (χ3v) is 10.9. The van der Waals surface area contributed by atoms with E-state index < -0.39 is 30.3 Å². The minimum atomic E-state index is -0.751. The van der Waals surface area contributed by atoms with Gasteiger partial charge in [-0.05, 0) is 70.8 Å². The molecule has 2 aliphatic rings. The van der Waals surface area contributed by atoms with Gasteiger partial charge in [0.1, 0.15) is 29.8 Å². The average Bonchev–Trinajstić information content (AvgIpc) is 4.01. The van der Waals surface area contributed by atoms with Gasteiger partial charge in [-0.2, -0.15) is 0 Å². The van der Waals surface area contributed by atoms with Gasteiger partial charge in [0.25, 0.3) is 0 Å². The molecule has 0 aliphatic carbocycles. The predicted octanol–water partition coefficient (Wildman–Crippen LogP) is 6.10. The fourth-order valence-corrected chi connectivity index (χ4v) is 7.78. The van der Waals surface area contributed by atoms with Gasteiger partial charge in [0.2, 0.25) is 11.8 Å². The Bertz CT molecular complexity index is 2280. The Balaban J connectivity index is 1.08. The van der Waals surface area contributed by atoms with Crippen LogP contribution in [0.2, 0.25) is 0 Å². The number of amides is 4. The highest BCUT2D eigenvalue weighted by Crippen LogP contribution is 2.35. The molecular weight excluding hydrogens is 729 g/mol. The summed E-state index contributed by atoms with van der Waals surface area (Å²) >= 11 is 0. The molecule has 300 valence electrons. The summed E-state index contributed by atoms with van der Waals surface area (Å²) in [5.74, 6) is 0.712. The maximum Gasteiger partial charge on any atom is 0.407 e. The van der Waals surface area contributed by atoms with Crippen molar-refractivity contribution in [2.75, 3.05) is 40.5 Å². The molecule has 2 aromatic heterocycles. The van der Waals surface area contributed by atoms with E-state index in [4.69, 9.17) is 19.2 Å². The zero-order chi connectivity index (χ0) is 40.4.